The fraction of sp³-hybridized carbons (Fsp3) is 0.444. The van der Waals surface area contributed by atoms with Gasteiger partial charge in [-0.1, -0.05) is 32.9 Å². The van der Waals surface area contributed by atoms with Crippen molar-refractivity contribution in [1.29, 1.82) is 0 Å². The molecule has 0 spiro atoms. The van der Waals surface area contributed by atoms with E-state index in [0.717, 1.165) is 22.8 Å². The molecular weight excluding hydrogens is 323 g/mol. The number of rotatable bonds is 5. The summed E-state index contributed by atoms with van der Waals surface area (Å²) < 4.78 is 13.2. The first-order valence-corrected chi connectivity index (χ1v) is 8.98. The van der Waals surface area contributed by atoms with Gasteiger partial charge in [0.15, 0.2) is 5.96 Å². The van der Waals surface area contributed by atoms with E-state index in [9.17, 15) is 4.39 Å². The van der Waals surface area contributed by atoms with Gasteiger partial charge in [-0.25, -0.2) is 14.4 Å². The monoisotopic (exact) mass is 348 g/mol. The van der Waals surface area contributed by atoms with E-state index in [0.29, 0.717) is 19.0 Å². The molecule has 2 N–H and O–H groups in total. The highest BCUT2D eigenvalue weighted by Crippen LogP contribution is 2.23. The Bertz CT molecular complexity index is 688. The molecule has 1 aromatic heterocycles. The first kappa shape index (κ1) is 18.4. The summed E-state index contributed by atoms with van der Waals surface area (Å²) in [6.45, 7) is 10.3. The lowest BCUT2D eigenvalue weighted by molar-refractivity contribution is 0.570. The molecule has 0 aliphatic carbocycles. The fourth-order valence-electron chi connectivity index (χ4n) is 2.04. The molecule has 0 radical (unpaired) electrons. The van der Waals surface area contributed by atoms with Crippen molar-refractivity contribution >= 4 is 17.3 Å². The molecule has 4 nitrogen and oxygen atoms in total. The Morgan fingerprint density at radius 2 is 2.08 bits per heavy atom. The van der Waals surface area contributed by atoms with Crippen molar-refractivity contribution < 1.29 is 4.39 Å². The van der Waals surface area contributed by atoms with Crippen LogP contribution in [0.15, 0.2) is 34.6 Å². The van der Waals surface area contributed by atoms with Crippen molar-refractivity contribution in [2.75, 3.05) is 6.54 Å². The Kier molecular flexibility index (Phi) is 6.31. The Labute approximate surface area is 147 Å². The third-order valence-electron chi connectivity index (χ3n) is 3.38. The normalized spacial score (nSPS) is 12.3. The lowest BCUT2D eigenvalue weighted by Gasteiger charge is -2.14. The van der Waals surface area contributed by atoms with Gasteiger partial charge in [-0.3, -0.25) is 0 Å². The zero-order valence-corrected chi connectivity index (χ0v) is 15.5. The number of hydrogen-bond acceptors (Lipinski definition) is 3. The maximum Gasteiger partial charge on any atom is 0.191 e. The number of benzene rings is 1. The molecule has 0 bridgehead atoms. The van der Waals surface area contributed by atoms with E-state index in [1.165, 1.54) is 12.1 Å². The Balaban J connectivity index is 1.98. The SMILES string of the molecule is CCNC(=NCc1cccc(F)c1)NCc1nc(C(C)(C)C)cs1. The summed E-state index contributed by atoms with van der Waals surface area (Å²) in [6.07, 6.45) is 0. The molecule has 0 unspecified atom stereocenters. The number of aromatic nitrogens is 1. The van der Waals surface area contributed by atoms with E-state index in [2.05, 4.69) is 46.8 Å². The molecule has 2 aromatic rings. The molecule has 0 aliphatic rings. The largest absolute Gasteiger partial charge is 0.357 e. The van der Waals surface area contributed by atoms with Gasteiger partial charge in [-0.05, 0) is 24.6 Å². The summed E-state index contributed by atoms with van der Waals surface area (Å²) in [6, 6.07) is 6.51. The van der Waals surface area contributed by atoms with Crippen molar-refractivity contribution in [3.63, 3.8) is 0 Å². The van der Waals surface area contributed by atoms with Crippen LogP contribution in [0.25, 0.3) is 0 Å². The second kappa shape index (κ2) is 8.24. The van der Waals surface area contributed by atoms with Crippen LogP contribution >= 0.6 is 11.3 Å². The predicted molar refractivity (Wildman–Crippen MR) is 98.9 cm³/mol. The summed E-state index contributed by atoms with van der Waals surface area (Å²) in [4.78, 5) is 9.17. The average molecular weight is 348 g/mol. The quantitative estimate of drug-likeness (QED) is 0.638. The van der Waals surface area contributed by atoms with Gasteiger partial charge in [-0.15, -0.1) is 11.3 Å². The molecule has 0 atom stereocenters. The van der Waals surface area contributed by atoms with E-state index < -0.39 is 0 Å². The molecule has 0 fully saturated rings. The van der Waals surface area contributed by atoms with Crippen LogP contribution in [0.4, 0.5) is 4.39 Å². The lowest BCUT2D eigenvalue weighted by Crippen LogP contribution is -2.36. The lowest BCUT2D eigenvalue weighted by atomic mass is 9.93. The van der Waals surface area contributed by atoms with Crippen molar-refractivity contribution in [3.8, 4) is 0 Å². The highest BCUT2D eigenvalue weighted by Gasteiger charge is 2.17. The molecule has 0 amide bonds. The fourth-order valence-corrected chi connectivity index (χ4v) is 3.00. The van der Waals surface area contributed by atoms with Crippen LogP contribution in [0.2, 0.25) is 0 Å². The van der Waals surface area contributed by atoms with E-state index >= 15 is 0 Å². The maximum absolute atomic E-state index is 13.2. The summed E-state index contributed by atoms with van der Waals surface area (Å²) in [5, 5.41) is 9.61. The van der Waals surface area contributed by atoms with Crippen molar-refractivity contribution in [1.82, 2.24) is 15.6 Å². The minimum atomic E-state index is -0.238. The van der Waals surface area contributed by atoms with Crippen LogP contribution in [0.5, 0.6) is 0 Å². The second-order valence-corrected chi connectivity index (χ2v) is 7.50. The third-order valence-corrected chi connectivity index (χ3v) is 4.23. The molecule has 0 saturated heterocycles. The van der Waals surface area contributed by atoms with Gasteiger partial charge in [0, 0.05) is 17.3 Å². The summed E-state index contributed by atoms with van der Waals surface area (Å²) in [5.74, 6) is 0.465. The van der Waals surface area contributed by atoms with Crippen LogP contribution in [0.3, 0.4) is 0 Å². The van der Waals surface area contributed by atoms with Crippen molar-refractivity contribution in [3.05, 3.63) is 51.7 Å². The molecule has 0 aliphatic heterocycles. The Morgan fingerprint density at radius 1 is 1.29 bits per heavy atom. The predicted octanol–water partition coefficient (Wildman–Crippen LogP) is 3.84. The molecule has 24 heavy (non-hydrogen) atoms. The van der Waals surface area contributed by atoms with Gasteiger partial charge >= 0.3 is 0 Å². The molecule has 130 valence electrons. The van der Waals surface area contributed by atoms with Gasteiger partial charge in [-0.2, -0.15) is 0 Å². The number of hydrogen-bond donors (Lipinski definition) is 2. The van der Waals surface area contributed by atoms with Gasteiger partial charge in [0.2, 0.25) is 0 Å². The van der Waals surface area contributed by atoms with Crippen LogP contribution in [0, 0.1) is 5.82 Å². The van der Waals surface area contributed by atoms with E-state index in [-0.39, 0.29) is 11.2 Å². The zero-order valence-electron chi connectivity index (χ0n) is 14.7. The maximum atomic E-state index is 13.2. The summed E-state index contributed by atoms with van der Waals surface area (Å²) in [5.41, 5.74) is 2.01. The summed E-state index contributed by atoms with van der Waals surface area (Å²) >= 11 is 1.65. The average Bonchev–Trinajstić information content (AvgIpc) is 2.99. The van der Waals surface area contributed by atoms with E-state index in [1.807, 2.05) is 13.0 Å². The standard InChI is InChI=1S/C18H25FN4S/c1-5-20-17(21-10-13-7-6-8-14(19)9-13)22-11-16-23-15(12-24-16)18(2,3)4/h6-9,12H,5,10-11H2,1-4H3,(H2,20,21,22). The van der Waals surface area contributed by atoms with Crippen LogP contribution in [-0.4, -0.2) is 17.5 Å². The number of nitrogens with zero attached hydrogens (tertiary/aromatic N) is 2. The van der Waals surface area contributed by atoms with Gasteiger partial charge in [0.25, 0.3) is 0 Å². The van der Waals surface area contributed by atoms with E-state index in [1.54, 1.807) is 17.4 Å². The third kappa shape index (κ3) is 5.60. The minimum Gasteiger partial charge on any atom is -0.357 e. The van der Waals surface area contributed by atoms with E-state index in [4.69, 9.17) is 0 Å². The highest BCUT2D eigenvalue weighted by atomic mass is 32.1. The smallest absolute Gasteiger partial charge is 0.191 e. The topological polar surface area (TPSA) is 49.3 Å². The number of thiazole rings is 1. The van der Waals surface area contributed by atoms with Gasteiger partial charge < -0.3 is 10.6 Å². The van der Waals surface area contributed by atoms with Crippen molar-refractivity contribution in [2.45, 2.75) is 46.2 Å². The van der Waals surface area contributed by atoms with Crippen molar-refractivity contribution in [2.24, 2.45) is 4.99 Å². The Hall–Kier alpha value is -1.95. The van der Waals surface area contributed by atoms with Crippen LogP contribution in [0.1, 0.15) is 44.0 Å². The summed E-state index contributed by atoms with van der Waals surface area (Å²) in [7, 11) is 0. The first-order valence-electron chi connectivity index (χ1n) is 8.10. The molecule has 1 heterocycles. The number of halogens is 1. The number of guanidine groups is 1. The molecule has 6 heteroatoms. The number of aliphatic imine (C=N–C) groups is 1. The molecule has 1 aromatic carbocycles. The molecule has 2 rings (SSSR count). The van der Waals surface area contributed by atoms with Crippen LogP contribution in [-0.2, 0) is 18.5 Å². The second-order valence-electron chi connectivity index (χ2n) is 6.56. The van der Waals surface area contributed by atoms with Gasteiger partial charge in [0.1, 0.15) is 10.8 Å². The molecular formula is C18H25FN4S. The minimum absolute atomic E-state index is 0.0602. The Morgan fingerprint density at radius 3 is 2.71 bits per heavy atom. The zero-order chi connectivity index (χ0) is 17.6. The first-order chi connectivity index (χ1) is 11.4. The number of nitrogens with one attached hydrogen (secondary N) is 2. The highest BCUT2D eigenvalue weighted by molar-refractivity contribution is 7.09. The van der Waals surface area contributed by atoms with Crippen LogP contribution < -0.4 is 10.6 Å². The van der Waals surface area contributed by atoms with Gasteiger partial charge in [0.05, 0.1) is 18.8 Å². The molecule has 0 saturated carbocycles.